The van der Waals surface area contributed by atoms with E-state index in [1.54, 1.807) is 6.08 Å². The zero-order chi connectivity index (χ0) is 44.3. The highest BCUT2D eigenvalue weighted by Crippen LogP contribution is 2.53. The molecule has 0 amide bonds. The van der Waals surface area contributed by atoms with Gasteiger partial charge < -0.3 is 9.13 Å². The Morgan fingerprint density at radius 2 is 1.08 bits per heavy atom. The minimum absolute atomic E-state index is 0.101. The molecule has 0 N–H and O–H groups in total. The second-order valence-corrected chi connectivity index (χ2v) is 16.9. The number of aromatic nitrogens is 2. The molecule has 2 nitrogen and oxygen atoms in total. The number of hydrogen-bond donors (Lipinski definition) is 0. The van der Waals surface area contributed by atoms with E-state index < -0.39 is 0 Å². The highest BCUT2D eigenvalue weighted by Gasteiger charge is 2.36. The van der Waals surface area contributed by atoms with Crippen molar-refractivity contribution in [2.75, 3.05) is 0 Å². The Kier molecular flexibility index (Phi) is 10.0. The third-order valence-electron chi connectivity index (χ3n) is 13.3. The fourth-order valence-corrected chi connectivity index (χ4v) is 10.6. The Labute approximate surface area is 377 Å². The summed E-state index contributed by atoms with van der Waals surface area (Å²) >= 11 is 0. The average Bonchev–Trinajstić information content (AvgIpc) is 4.03. The molecule has 2 heterocycles. The van der Waals surface area contributed by atoms with Gasteiger partial charge in [-0.2, -0.15) is 0 Å². The van der Waals surface area contributed by atoms with E-state index >= 15 is 0 Å². The zero-order valence-electron chi connectivity index (χ0n) is 37.4. The van der Waals surface area contributed by atoms with E-state index in [9.17, 15) is 0 Å². The SMILES string of the molecule is C=C/C=C\C.C=Cc1c(C=C)n(-c2ccccc2)c2ccc(-c3ccc4c(c3)c3c5cccc6c5c(cc3n4-c3ccc4c(c3)C(C)(C)c3ccccc3-4)-c3ccccc3-6)cc12.CC. The molecule has 0 atom stereocenters. The van der Waals surface area contributed by atoms with Crippen molar-refractivity contribution in [2.45, 2.75) is 40.0 Å². The largest absolute Gasteiger partial charge is 0.309 e. The highest BCUT2D eigenvalue weighted by molar-refractivity contribution is 6.29. The van der Waals surface area contributed by atoms with Crippen molar-refractivity contribution < 1.29 is 0 Å². The fourth-order valence-electron chi connectivity index (χ4n) is 10.6. The van der Waals surface area contributed by atoms with Gasteiger partial charge >= 0.3 is 0 Å². The molecule has 64 heavy (non-hydrogen) atoms. The lowest BCUT2D eigenvalue weighted by Crippen LogP contribution is -2.15. The first-order valence-corrected chi connectivity index (χ1v) is 22.5. The van der Waals surface area contributed by atoms with Gasteiger partial charge in [-0.3, -0.25) is 0 Å². The second kappa shape index (κ2) is 15.9. The number of nitrogens with zero attached hydrogens (tertiary/aromatic N) is 2. The van der Waals surface area contributed by atoms with Gasteiger partial charge in [-0.05, 0) is 134 Å². The van der Waals surface area contributed by atoms with Crippen LogP contribution in [0.1, 0.15) is 57.0 Å². The molecule has 2 aliphatic rings. The van der Waals surface area contributed by atoms with E-state index in [-0.39, 0.29) is 5.41 Å². The van der Waals surface area contributed by atoms with Gasteiger partial charge in [0.05, 0.1) is 22.2 Å². The van der Waals surface area contributed by atoms with Crippen LogP contribution < -0.4 is 0 Å². The Hall–Kier alpha value is -7.68. The summed E-state index contributed by atoms with van der Waals surface area (Å²) in [6.45, 7) is 22.6. The summed E-state index contributed by atoms with van der Waals surface area (Å²) in [6, 6.07) is 58.7. The van der Waals surface area contributed by atoms with E-state index in [2.05, 4.69) is 200 Å². The van der Waals surface area contributed by atoms with Crippen LogP contribution >= 0.6 is 0 Å². The molecule has 310 valence electrons. The first-order valence-electron chi connectivity index (χ1n) is 22.5. The molecule has 12 rings (SSSR count). The van der Waals surface area contributed by atoms with Crippen molar-refractivity contribution in [1.29, 1.82) is 0 Å². The van der Waals surface area contributed by atoms with Gasteiger partial charge in [0.15, 0.2) is 0 Å². The molecule has 2 aromatic heterocycles. The molecule has 0 aliphatic heterocycles. The van der Waals surface area contributed by atoms with Crippen LogP contribution in [0.5, 0.6) is 0 Å². The lowest BCUT2D eigenvalue weighted by atomic mass is 9.82. The first kappa shape index (κ1) is 40.4. The number of benzene rings is 8. The molecule has 0 unspecified atom stereocenters. The summed E-state index contributed by atoms with van der Waals surface area (Å²) < 4.78 is 4.81. The van der Waals surface area contributed by atoms with Crippen LogP contribution in [0.2, 0.25) is 0 Å². The molecule has 0 saturated carbocycles. The Bertz CT molecular complexity index is 3550. The van der Waals surface area contributed by atoms with Crippen molar-refractivity contribution in [1.82, 2.24) is 9.13 Å². The first-order chi connectivity index (χ1) is 31.4. The van der Waals surface area contributed by atoms with E-state index in [0.717, 1.165) is 27.8 Å². The van der Waals surface area contributed by atoms with Gasteiger partial charge in [-0.25, -0.2) is 0 Å². The van der Waals surface area contributed by atoms with Crippen LogP contribution in [0.4, 0.5) is 0 Å². The van der Waals surface area contributed by atoms with Crippen molar-refractivity contribution in [3.05, 3.63) is 218 Å². The summed E-state index contributed by atoms with van der Waals surface area (Å²) in [5, 5.41) is 6.35. The van der Waals surface area contributed by atoms with Crippen LogP contribution in [0, 0.1) is 0 Å². The summed E-state index contributed by atoms with van der Waals surface area (Å²) in [6.07, 6.45) is 9.49. The van der Waals surface area contributed by atoms with E-state index in [1.807, 2.05) is 45.1 Å². The molecular weight excluding hydrogens is 773 g/mol. The maximum atomic E-state index is 4.25. The van der Waals surface area contributed by atoms with Crippen molar-refractivity contribution in [3.8, 4) is 55.9 Å². The maximum absolute atomic E-state index is 4.25. The third kappa shape index (κ3) is 5.93. The van der Waals surface area contributed by atoms with Gasteiger partial charge in [0.2, 0.25) is 0 Å². The fraction of sp³-hybridized carbons (Fsp3) is 0.0968. The normalized spacial score (nSPS) is 12.7. The van der Waals surface area contributed by atoms with Crippen LogP contribution in [0.3, 0.4) is 0 Å². The van der Waals surface area contributed by atoms with Crippen molar-refractivity contribution in [3.63, 3.8) is 0 Å². The minimum atomic E-state index is -0.101. The maximum Gasteiger partial charge on any atom is 0.0553 e. The number of rotatable bonds is 6. The quantitative estimate of drug-likeness (QED) is 0.148. The Morgan fingerprint density at radius 1 is 0.453 bits per heavy atom. The number of para-hydroxylation sites is 1. The standard InChI is InChI=1S/C55H38N2.C5H8.C2H6/c1-5-37-44-29-33(23-27-50(44)56(49(37)6-2)35-15-8-7-9-16-35)34-24-28-51-46(30-34)54-43-21-14-20-42-38-17-10-11-18-39(38)45(53(42)43)32-52(54)57(51)36-25-26-41-40-19-12-13-22-47(40)55(3,4)48(41)31-36;1-3-5-4-2;1-2/h5-32H,1-2H2,3-4H3;3-5H,1H2,2H3;1-2H3/b;5-4-;. The van der Waals surface area contributed by atoms with Gasteiger partial charge in [0, 0.05) is 38.5 Å². The smallest absolute Gasteiger partial charge is 0.0553 e. The summed E-state index contributed by atoms with van der Waals surface area (Å²) in [5.74, 6) is 0. The average molecular weight is 825 g/mol. The van der Waals surface area contributed by atoms with E-state index in [4.69, 9.17) is 0 Å². The van der Waals surface area contributed by atoms with Crippen LogP contribution in [0.25, 0.3) is 112 Å². The Morgan fingerprint density at radius 3 is 1.75 bits per heavy atom. The summed E-state index contributed by atoms with van der Waals surface area (Å²) in [4.78, 5) is 0. The zero-order valence-corrected chi connectivity index (χ0v) is 37.4. The molecule has 2 heteroatoms. The number of fused-ring (bicyclic) bond motifs is 11. The lowest BCUT2D eigenvalue weighted by Gasteiger charge is -2.22. The van der Waals surface area contributed by atoms with Gasteiger partial charge in [0.25, 0.3) is 0 Å². The summed E-state index contributed by atoms with van der Waals surface area (Å²) in [7, 11) is 0. The molecule has 10 aromatic rings. The van der Waals surface area contributed by atoms with Crippen LogP contribution in [-0.2, 0) is 5.41 Å². The molecular formula is C62H52N2. The molecule has 0 spiro atoms. The topological polar surface area (TPSA) is 9.86 Å². The van der Waals surface area contributed by atoms with Gasteiger partial charge in [-0.1, -0.05) is 175 Å². The van der Waals surface area contributed by atoms with Crippen LogP contribution in [0.15, 0.2) is 196 Å². The van der Waals surface area contributed by atoms with Gasteiger partial charge in [-0.15, -0.1) is 0 Å². The van der Waals surface area contributed by atoms with Crippen LogP contribution in [-0.4, -0.2) is 9.13 Å². The molecule has 8 aromatic carbocycles. The minimum Gasteiger partial charge on any atom is -0.309 e. The van der Waals surface area contributed by atoms with Gasteiger partial charge in [0.1, 0.15) is 0 Å². The number of hydrogen-bond acceptors (Lipinski definition) is 0. The molecule has 0 saturated heterocycles. The molecule has 0 fully saturated rings. The van der Waals surface area contributed by atoms with Crippen molar-refractivity contribution >= 4 is 55.6 Å². The third-order valence-corrected chi connectivity index (χ3v) is 13.3. The predicted molar refractivity (Wildman–Crippen MR) is 279 cm³/mol. The molecule has 2 aliphatic carbocycles. The highest BCUT2D eigenvalue weighted by atomic mass is 15.0. The monoisotopic (exact) mass is 824 g/mol. The lowest BCUT2D eigenvalue weighted by molar-refractivity contribution is 0.660. The van der Waals surface area contributed by atoms with E-state index in [1.165, 1.54) is 93.9 Å². The second-order valence-electron chi connectivity index (χ2n) is 16.9. The molecule has 0 bridgehead atoms. The Balaban J connectivity index is 0.000000650. The number of allylic oxidation sites excluding steroid dienone is 3. The van der Waals surface area contributed by atoms with E-state index in [0.29, 0.717) is 0 Å². The predicted octanol–water partition coefficient (Wildman–Crippen LogP) is 17.6. The summed E-state index contributed by atoms with van der Waals surface area (Å²) in [5.41, 5.74) is 20.9. The molecule has 0 radical (unpaired) electrons. The van der Waals surface area contributed by atoms with Crippen molar-refractivity contribution in [2.24, 2.45) is 0 Å².